The van der Waals surface area contributed by atoms with E-state index in [1.54, 1.807) is 20.8 Å². The lowest BCUT2D eigenvalue weighted by Gasteiger charge is -2.24. The molecule has 0 aromatic heterocycles. The van der Waals surface area contributed by atoms with Gasteiger partial charge >= 0.3 is 5.97 Å². The molecule has 11 heavy (non-hydrogen) atoms. The summed E-state index contributed by atoms with van der Waals surface area (Å²) in [5, 5.41) is 9.08. The number of carbonyl (C=O) groups excluding carboxylic acids is 1. The maximum absolute atomic E-state index is 10.9. The summed E-state index contributed by atoms with van der Waals surface area (Å²) in [5.41, 5.74) is -0.797. The van der Waals surface area contributed by atoms with Crippen LogP contribution in [0.3, 0.4) is 0 Å². The molecule has 0 aromatic carbocycles. The van der Waals surface area contributed by atoms with Crippen molar-refractivity contribution in [1.82, 2.24) is 6.15 Å². The number of carbonyl (C=O) groups is 1. The molecule has 0 bridgehead atoms. The van der Waals surface area contributed by atoms with E-state index in [1.807, 2.05) is 0 Å². The van der Waals surface area contributed by atoms with E-state index in [-0.39, 0.29) is 12.1 Å². The van der Waals surface area contributed by atoms with Crippen molar-refractivity contribution in [3.05, 3.63) is 0 Å². The maximum Gasteiger partial charge on any atom is 0.313 e. The number of rotatable bonds is 2. The third kappa shape index (κ3) is 2.86. The third-order valence-corrected chi connectivity index (χ3v) is 1.76. The zero-order valence-electron chi connectivity index (χ0n) is 7.55. The monoisotopic (exact) mass is 163 g/mol. The molecule has 4 N–H and O–H groups in total. The quantitative estimate of drug-likeness (QED) is 0.588. The van der Waals surface area contributed by atoms with Crippen LogP contribution in [0.15, 0.2) is 0 Å². The van der Waals surface area contributed by atoms with Crippen LogP contribution in [0.4, 0.5) is 0 Å². The normalized spacial score (nSPS) is 13.2. The second-order valence-electron chi connectivity index (χ2n) is 2.89. The summed E-state index contributed by atoms with van der Waals surface area (Å²) < 4.78 is 4.48. The van der Waals surface area contributed by atoms with Crippen LogP contribution in [0.25, 0.3) is 0 Å². The Bertz CT molecular complexity index is 132. The van der Waals surface area contributed by atoms with E-state index < -0.39 is 11.5 Å². The number of esters is 1. The van der Waals surface area contributed by atoms with Crippen LogP contribution in [0.1, 0.15) is 20.8 Å². The molecule has 0 fully saturated rings. The fourth-order valence-electron chi connectivity index (χ4n) is 0.434. The van der Waals surface area contributed by atoms with Gasteiger partial charge in [-0.25, -0.2) is 0 Å². The number of aliphatic hydroxyl groups excluding tert-OH is 1. The van der Waals surface area contributed by atoms with Gasteiger partial charge in [-0.2, -0.15) is 0 Å². The molecule has 0 radical (unpaired) electrons. The first kappa shape index (κ1) is 13.0. The highest BCUT2D eigenvalue weighted by Crippen LogP contribution is 2.21. The molecule has 0 amide bonds. The molecule has 0 aromatic rings. The Morgan fingerprint density at radius 1 is 1.55 bits per heavy atom. The van der Waals surface area contributed by atoms with E-state index in [0.29, 0.717) is 0 Å². The molecular weight excluding hydrogens is 146 g/mol. The Labute approximate surface area is 67.1 Å². The van der Waals surface area contributed by atoms with E-state index in [1.165, 1.54) is 7.11 Å². The molecule has 0 aliphatic heterocycles. The molecule has 4 heteroatoms. The van der Waals surface area contributed by atoms with Crippen LogP contribution < -0.4 is 6.15 Å². The van der Waals surface area contributed by atoms with E-state index in [0.717, 1.165) is 0 Å². The molecule has 0 saturated carbocycles. The minimum Gasteiger partial charge on any atom is -0.469 e. The molecule has 68 valence electrons. The van der Waals surface area contributed by atoms with Gasteiger partial charge in [0.25, 0.3) is 0 Å². The van der Waals surface area contributed by atoms with Crippen molar-refractivity contribution in [3.63, 3.8) is 0 Å². The van der Waals surface area contributed by atoms with Crippen molar-refractivity contribution < 1.29 is 14.6 Å². The fraction of sp³-hybridized carbons (Fsp3) is 0.857. The zero-order chi connectivity index (χ0) is 8.36. The summed E-state index contributed by atoms with van der Waals surface area (Å²) >= 11 is 0. The zero-order valence-corrected chi connectivity index (χ0v) is 7.55. The standard InChI is InChI=1S/C7H14O3.H3N/c1-5(8)7(2,3)6(9)10-4;/h5,8H,1-4H3;1H3. The second kappa shape index (κ2) is 4.31. The summed E-state index contributed by atoms with van der Waals surface area (Å²) in [5.74, 6) is -0.387. The van der Waals surface area contributed by atoms with Crippen molar-refractivity contribution >= 4 is 5.97 Å². The van der Waals surface area contributed by atoms with Gasteiger partial charge in [0.05, 0.1) is 18.6 Å². The van der Waals surface area contributed by atoms with Gasteiger partial charge in [-0.1, -0.05) is 0 Å². The lowest BCUT2D eigenvalue weighted by Crippen LogP contribution is -2.36. The molecule has 0 aliphatic carbocycles. The molecular formula is C7H17NO3. The average Bonchev–Trinajstić information content (AvgIpc) is 1.86. The topological polar surface area (TPSA) is 81.5 Å². The van der Waals surface area contributed by atoms with Crippen molar-refractivity contribution in [2.75, 3.05) is 7.11 Å². The Balaban J connectivity index is 0. The van der Waals surface area contributed by atoms with Crippen LogP contribution >= 0.6 is 0 Å². The fourth-order valence-corrected chi connectivity index (χ4v) is 0.434. The van der Waals surface area contributed by atoms with Crippen molar-refractivity contribution in [3.8, 4) is 0 Å². The third-order valence-electron chi connectivity index (χ3n) is 1.76. The van der Waals surface area contributed by atoms with Gasteiger partial charge in [-0.05, 0) is 20.8 Å². The van der Waals surface area contributed by atoms with Crippen LogP contribution in [0.2, 0.25) is 0 Å². The van der Waals surface area contributed by atoms with E-state index in [4.69, 9.17) is 5.11 Å². The molecule has 0 heterocycles. The lowest BCUT2D eigenvalue weighted by atomic mass is 9.88. The molecule has 0 spiro atoms. The summed E-state index contributed by atoms with van der Waals surface area (Å²) in [6, 6.07) is 0. The van der Waals surface area contributed by atoms with Crippen LogP contribution in [-0.4, -0.2) is 24.3 Å². The Morgan fingerprint density at radius 3 is 2.00 bits per heavy atom. The number of hydrogen-bond donors (Lipinski definition) is 2. The molecule has 0 saturated heterocycles. The first-order valence-corrected chi connectivity index (χ1v) is 3.19. The highest BCUT2D eigenvalue weighted by Gasteiger charge is 2.33. The molecule has 4 nitrogen and oxygen atoms in total. The average molecular weight is 163 g/mol. The first-order chi connectivity index (χ1) is 4.42. The van der Waals surface area contributed by atoms with Gasteiger partial charge in [0.2, 0.25) is 0 Å². The highest BCUT2D eigenvalue weighted by molar-refractivity contribution is 5.76. The van der Waals surface area contributed by atoms with Gasteiger partial charge in [-0.3, -0.25) is 4.79 Å². The summed E-state index contributed by atoms with van der Waals surface area (Å²) in [4.78, 5) is 10.9. The summed E-state index contributed by atoms with van der Waals surface area (Å²) in [6.07, 6.45) is -0.681. The number of aliphatic hydroxyl groups is 1. The van der Waals surface area contributed by atoms with Crippen molar-refractivity contribution in [2.24, 2.45) is 5.41 Å². The highest BCUT2D eigenvalue weighted by atomic mass is 16.5. The predicted molar refractivity (Wildman–Crippen MR) is 42.5 cm³/mol. The Kier molecular flexibility index (Phi) is 5.09. The Morgan fingerprint density at radius 2 is 1.91 bits per heavy atom. The molecule has 0 aliphatic rings. The first-order valence-electron chi connectivity index (χ1n) is 3.19. The summed E-state index contributed by atoms with van der Waals surface area (Å²) in [6.45, 7) is 4.85. The second-order valence-corrected chi connectivity index (χ2v) is 2.89. The van der Waals surface area contributed by atoms with Gasteiger partial charge < -0.3 is 16.0 Å². The summed E-state index contributed by atoms with van der Waals surface area (Å²) in [7, 11) is 1.31. The van der Waals surface area contributed by atoms with E-state index >= 15 is 0 Å². The smallest absolute Gasteiger partial charge is 0.313 e. The van der Waals surface area contributed by atoms with E-state index in [9.17, 15) is 4.79 Å². The molecule has 1 atom stereocenters. The molecule has 1 unspecified atom stereocenters. The number of ether oxygens (including phenoxy) is 1. The predicted octanol–water partition coefficient (Wildman–Crippen LogP) is 0.728. The SMILES string of the molecule is COC(=O)C(C)(C)C(C)O.N. The van der Waals surface area contributed by atoms with Crippen molar-refractivity contribution in [2.45, 2.75) is 26.9 Å². The van der Waals surface area contributed by atoms with Crippen LogP contribution in [-0.2, 0) is 9.53 Å². The maximum atomic E-state index is 10.9. The largest absolute Gasteiger partial charge is 0.469 e. The lowest BCUT2D eigenvalue weighted by molar-refractivity contribution is -0.156. The minimum absolute atomic E-state index is 0. The number of hydrogen-bond acceptors (Lipinski definition) is 4. The van der Waals surface area contributed by atoms with Gasteiger partial charge in [0, 0.05) is 0 Å². The van der Waals surface area contributed by atoms with Gasteiger partial charge in [0.1, 0.15) is 0 Å². The van der Waals surface area contributed by atoms with Gasteiger partial charge in [-0.15, -0.1) is 0 Å². The minimum atomic E-state index is -0.797. The van der Waals surface area contributed by atoms with Gasteiger partial charge in [0.15, 0.2) is 0 Å². The van der Waals surface area contributed by atoms with Crippen LogP contribution in [0.5, 0.6) is 0 Å². The van der Waals surface area contributed by atoms with E-state index in [2.05, 4.69) is 4.74 Å². The Hall–Kier alpha value is -0.610. The molecule has 0 rings (SSSR count). The van der Waals surface area contributed by atoms with Crippen LogP contribution in [0, 0.1) is 5.41 Å². The number of methoxy groups -OCH3 is 1. The van der Waals surface area contributed by atoms with Crippen molar-refractivity contribution in [1.29, 1.82) is 0 Å².